The third-order valence-electron chi connectivity index (χ3n) is 3.12. The Morgan fingerprint density at radius 2 is 2.00 bits per heavy atom. The van der Waals surface area contributed by atoms with Crippen molar-refractivity contribution in [1.82, 2.24) is 5.32 Å². The normalized spacial score (nSPS) is 31.5. The van der Waals surface area contributed by atoms with Crippen LogP contribution in [0.15, 0.2) is 12.3 Å². The van der Waals surface area contributed by atoms with Crippen LogP contribution >= 0.6 is 0 Å². The Bertz CT molecular complexity index is 156. The van der Waals surface area contributed by atoms with Gasteiger partial charge in [0.2, 0.25) is 0 Å². The minimum Gasteiger partial charge on any atom is -0.381 e. The molecule has 2 rings (SSSR count). The summed E-state index contributed by atoms with van der Waals surface area (Å²) in [5, 5.41) is 3.02. The molecule has 1 aliphatic heterocycles. The van der Waals surface area contributed by atoms with Crippen molar-refractivity contribution in [2.45, 2.75) is 38.5 Å². The van der Waals surface area contributed by atoms with Gasteiger partial charge in [-0.3, -0.25) is 0 Å². The molecule has 12 heavy (non-hydrogen) atoms. The largest absolute Gasteiger partial charge is 0.381 e. The summed E-state index contributed by atoms with van der Waals surface area (Å²) >= 11 is 0. The van der Waals surface area contributed by atoms with Crippen LogP contribution in [0.2, 0.25) is 0 Å². The van der Waals surface area contributed by atoms with Crippen molar-refractivity contribution < 1.29 is 0 Å². The van der Waals surface area contributed by atoms with E-state index in [1.54, 1.807) is 0 Å². The van der Waals surface area contributed by atoms with Crippen LogP contribution in [0.4, 0.5) is 0 Å². The second-order valence-electron chi connectivity index (χ2n) is 3.95. The Balaban J connectivity index is 1.88. The first-order valence-corrected chi connectivity index (χ1v) is 5.12. The van der Waals surface area contributed by atoms with Crippen molar-refractivity contribution in [3.63, 3.8) is 0 Å². The minimum atomic E-state index is 0.784. The molecule has 0 bridgehead atoms. The lowest BCUT2D eigenvalue weighted by atomic mass is 9.78. The summed E-state index contributed by atoms with van der Waals surface area (Å²) in [5.41, 5.74) is 0. The summed E-state index contributed by atoms with van der Waals surface area (Å²) < 4.78 is 0. The van der Waals surface area contributed by atoms with E-state index >= 15 is 0 Å². The number of allylic oxidation sites excluding steroid dienone is 1. The fourth-order valence-electron chi connectivity index (χ4n) is 2.36. The smallest absolute Gasteiger partial charge is 0.0881 e. The molecule has 0 aromatic rings. The first-order chi connectivity index (χ1) is 5.97. The van der Waals surface area contributed by atoms with E-state index in [4.69, 9.17) is 0 Å². The highest BCUT2D eigenvalue weighted by molar-refractivity contribution is 4.99. The van der Waals surface area contributed by atoms with E-state index in [1.807, 2.05) is 6.20 Å². The molecule has 1 aliphatic carbocycles. The minimum absolute atomic E-state index is 0.784. The Labute approximate surface area is 75.2 Å². The van der Waals surface area contributed by atoms with Gasteiger partial charge in [-0.05, 0) is 37.3 Å². The summed E-state index contributed by atoms with van der Waals surface area (Å²) in [7, 11) is 0. The van der Waals surface area contributed by atoms with Gasteiger partial charge in [0.25, 0.3) is 0 Å². The average Bonchev–Trinajstić information content (AvgIpc) is 2.21. The van der Waals surface area contributed by atoms with Gasteiger partial charge in [-0.15, -0.1) is 0 Å². The molecule has 1 nitrogen and oxygen atoms in total. The Morgan fingerprint density at radius 3 is 2.67 bits per heavy atom. The molecule has 1 unspecified atom stereocenters. The van der Waals surface area contributed by atoms with Crippen LogP contribution in [0.3, 0.4) is 0 Å². The summed E-state index contributed by atoms with van der Waals surface area (Å²) in [6.45, 7) is 3.20. The van der Waals surface area contributed by atoms with E-state index in [9.17, 15) is 0 Å². The van der Waals surface area contributed by atoms with Crippen molar-refractivity contribution in [3.8, 4) is 0 Å². The predicted molar refractivity (Wildman–Crippen MR) is 50.2 cm³/mol. The van der Waals surface area contributed by atoms with E-state index in [2.05, 4.69) is 17.9 Å². The molecule has 1 fully saturated rings. The lowest BCUT2D eigenvalue weighted by molar-refractivity contribution is 0.278. The van der Waals surface area contributed by atoms with Crippen molar-refractivity contribution in [2.24, 2.45) is 11.8 Å². The Morgan fingerprint density at radius 1 is 1.17 bits per heavy atom. The van der Waals surface area contributed by atoms with Crippen molar-refractivity contribution in [2.75, 3.05) is 0 Å². The van der Waals surface area contributed by atoms with Crippen LogP contribution in [0.1, 0.15) is 38.5 Å². The molecule has 2 radical (unpaired) electrons. The van der Waals surface area contributed by atoms with E-state index in [1.165, 1.54) is 32.1 Å². The molecule has 66 valence electrons. The molecule has 0 aromatic heterocycles. The van der Waals surface area contributed by atoms with Gasteiger partial charge in [-0.1, -0.05) is 25.3 Å². The molecular formula is C11H17N. The van der Waals surface area contributed by atoms with Gasteiger partial charge in [-0.25, -0.2) is 0 Å². The van der Waals surface area contributed by atoms with Gasteiger partial charge in [0.1, 0.15) is 0 Å². The zero-order chi connectivity index (χ0) is 8.23. The molecule has 0 saturated heterocycles. The van der Waals surface area contributed by atoms with Crippen LogP contribution < -0.4 is 5.32 Å². The molecular weight excluding hydrogens is 146 g/mol. The SMILES string of the molecule is [C]1CC(C2CCCCC2)C=CN1. The second kappa shape index (κ2) is 3.97. The first kappa shape index (κ1) is 8.15. The van der Waals surface area contributed by atoms with Gasteiger partial charge in [0.15, 0.2) is 0 Å². The molecule has 0 amide bonds. The molecule has 2 aliphatic rings. The predicted octanol–water partition coefficient (Wildman–Crippen LogP) is 2.73. The van der Waals surface area contributed by atoms with E-state index in [0.717, 1.165) is 18.3 Å². The highest BCUT2D eigenvalue weighted by Crippen LogP contribution is 2.33. The second-order valence-corrected chi connectivity index (χ2v) is 3.95. The molecule has 0 spiro atoms. The standard InChI is InChI=1S/C11H17N/c1-2-4-10(5-3-1)11-6-8-12-9-7-11/h6,8,10-12H,1-5,7H2. The van der Waals surface area contributed by atoms with Gasteiger partial charge in [0, 0.05) is 0 Å². The lowest BCUT2D eigenvalue weighted by Crippen LogP contribution is -2.21. The molecule has 1 saturated carbocycles. The lowest BCUT2D eigenvalue weighted by Gasteiger charge is -2.29. The third kappa shape index (κ3) is 1.82. The maximum Gasteiger partial charge on any atom is 0.0881 e. The van der Waals surface area contributed by atoms with Crippen molar-refractivity contribution in [1.29, 1.82) is 0 Å². The van der Waals surface area contributed by atoms with Crippen LogP contribution in [-0.2, 0) is 0 Å². The average molecular weight is 163 g/mol. The van der Waals surface area contributed by atoms with E-state index in [0.29, 0.717) is 0 Å². The fourth-order valence-corrected chi connectivity index (χ4v) is 2.36. The summed E-state index contributed by atoms with van der Waals surface area (Å²) in [5.74, 6) is 1.73. The van der Waals surface area contributed by atoms with Crippen molar-refractivity contribution >= 4 is 0 Å². The third-order valence-corrected chi connectivity index (χ3v) is 3.12. The zero-order valence-electron chi connectivity index (χ0n) is 7.55. The van der Waals surface area contributed by atoms with Crippen LogP contribution in [0, 0.1) is 18.4 Å². The highest BCUT2D eigenvalue weighted by atomic mass is 14.8. The summed E-state index contributed by atoms with van der Waals surface area (Å²) in [6, 6.07) is 0. The topological polar surface area (TPSA) is 12.0 Å². The number of hydrogen-bond acceptors (Lipinski definition) is 1. The van der Waals surface area contributed by atoms with Gasteiger partial charge >= 0.3 is 0 Å². The maximum absolute atomic E-state index is 3.20. The summed E-state index contributed by atoms with van der Waals surface area (Å²) in [4.78, 5) is 0. The maximum atomic E-state index is 3.20. The highest BCUT2D eigenvalue weighted by Gasteiger charge is 2.22. The first-order valence-electron chi connectivity index (χ1n) is 5.12. The number of nitrogens with one attached hydrogen (secondary N) is 1. The number of hydrogen-bond donors (Lipinski definition) is 1. The molecule has 1 N–H and O–H groups in total. The molecule has 1 atom stereocenters. The number of rotatable bonds is 1. The van der Waals surface area contributed by atoms with E-state index < -0.39 is 0 Å². The van der Waals surface area contributed by atoms with Crippen LogP contribution in [0.25, 0.3) is 0 Å². The monoisotopic (exact) mass is 163 g/mol. The van der Waals surface area contributed by atoms with Crippen LogP contribution in [-0.4, -0.2) is 0 Å². The van der Waals surface area contributed by atoms with Crippen molar-refractivity contribution in [3.05, 3.63) is 18.8 Å². The molecule has 0 aromatic carbocycles. The molecule has 1 heteroatoms. The van der Waals surface area contributed by atoms with Gasteiger partial charge in [0.05, 0.1) is 6.54 Å². The van der Waals surface area contributed by atoms with Gasteiger partial charge < -0.3 is 5.32 Å². The molecule has 1 heterocycles. The Hall–Kier alpha value is -0.460. The quantitative estimate of drug-likeness (QED) is 0.626. The fraction of sp³-hybridized carbons (Fsp3) is 0.727. The van der Waals surface area contributed by atoms with Crippen LogP contribution in [0.5, 0.6) is 0 Å². The van der Waals surface area contributed by atoms with E-state index in [-0.39, 0.29) is 0 Å². The van der Waals surface area contributed by atoms with Gasteiger partial charge in [-0.2, -0.15) is 0 Å². The zero-order valence-corrected chi connectivity index (χ0v) is 7.55. The Kier molecular flexibility index (Phi) is 2.70. The summed E-state index contributed by atoms with van der Waals surface area (Å²) in [6.07, 6.45) is 12.7.